The van der Waals surface area contributed by atoms with Crippen LogP contribution in [-0.2, 0) is 9.59 Å². The fourth-order valence-corrected chi connectivity index (χ4v) is 3.54. The smallest absolute Gasteiger partial charge is 0.295 e. The molecule has 0 saturated carbocycles. The molecule has 1 saturated heterocycles. The molecule has 1 aromatic heterocycles. The molecule has 1 amide bonds. The topological polar surface area (TPSA) is 117 Å². The Kier molecular flexibility index (Phi) is 6.31. The Balaban J connectivity index is 2.03. The molecule has 9 heteroatoms. The molecule has 1 N–H and O–H groups in total. The summed E-state index contributed by atoms with van der Waals surface area (Å²) in [5.74, 6) is -1.56. The van der Waals surface area contributed by atoms with Crippen molar-refractivity contribution in [2.45, 2.75) is 19.9 Å². The lowest BCUT2D eigenvalue weighted by molar-refractivity contribution is -0.384. The molecule has 3 rings (SSSR count). The van der Waals surface area contributed by atoms with Gasteiger partial charge in [0.05, 0.1) is 16.8 Å². The maximum Gasteiger partial charge on any atom is 0.295 e. The number of aliphatic hydroxyl groups is 1. The molecule has 2 heterocycles. The molecule has 0 spiro atoms. The molecule has 1 atom stereocenters. The number of Topliss-reactive ketones (excluding diaryl/α,β-unsaturated/α-hetero) is 1. The van der Waals surface area contributed by atoms with E-state index in [1.165, 1.54) is 35.4 Å². The van der Waals surface area contributed by atoms with Crippen molar-refractivity contribution in [1.82, 2.24) is 9.80 Å². The van der Waals surface area contributed by atoms with Crippen LogP contribution in [0.4, 0.5) is 5.69 Å². The normalized spacial score (nSPS) is 18.4. The molecule has 1 aliphatic heterocycles. The maximum absolute atomic E-state index is 12.8. The highest BCUT2D eigenvalue weighted by atomic mass is 16.6. The molecule has 158 valence electrons. The van der Waals surface area contributed by atoms with E-state index >= 15 is 0 Å². The summed E-state index contributed by atoms with van der Waals surface area (Å²) in [5.41, 5.74) is -0.0314. The van der Waals surface area contributed by atoms with Crippen molar-refractivity contribution >= 4 is 23.1 Å². The number of ketones is 1. The molecule has 1 fully saturated rings. The largest absolute Gasteiger partial charge is 0.507 e. The van der Waals surface area contributed by atoms with E-state index in [0.717, 1.165) is 13.1 Å². The van der Waals surface area contributed by atoms with Crippen molar-refractivity contribution in [2.24, 2.45) is 0 Å². The molecule has 0 bridgehead atoms. The van der Waals surface area contributed by atoms with E-state index in [1.807, 2.05) is 13.8 Å². The number of likely N-dealkylation sites (tertiary alicyclic amines) is 1. The summed E-state index contributed by atoms with van der Waals surface area (Å²) < 4.78 is 5.48. The van der Waals surface area contributed by atoms with Crippen molar-refractivity contribution in [3.05, 3.63) is 69.7 Å². The summed E-state index contributed by atoms with van der Waals surface area (Å²) >= 11 is 0. The first-order valence-electron chi connectivity index (χ1n) is 9.68. The first-order valence-corrected chi connectivity index (χ1v) is 9.68. The Hall–Kier alpha value is -3.46. The molecule has 0 aliphatic carbocycles. The van der Waals surface area contributed by atoms with Gasteiger partial charge >= 0.3 is 0 Å². The number of hydrogen-bond acceptors (Lipinski definition) is 7. The minimum atomic E-state index is -0.870. The number of likely N-dealkylation sites (N-methyl/N-ethyl adjacent to an activating group) is 1. The van der Waals surface area contributed by atoms with Gasteiger partial charge in [0.15, 0.2) is 0 Å². The van der Waals surface area contributed by atoms with Gasteiger partial charge in [0, 0.05) is 30.8 Å². The second-order valence-corrected chi connectivity index (χ2v) is 6.84. The van der Waals surface area contributed by atoms with Crippen LogP contribution >= 0.6 is 0 Å². The number of nitrogens with zero attached hydrogens (tertiary/aromatic N) is 3. The number of rotatable bonds is 8. The van der Waals surface area contributed by atoms with Gasteiger partial charge in [-0.25, -0.2) is 0 Å². The van der Waals surface area contributed by atoms with Crippen LogP contribution in [0.25, 0.3) is 5.76 Å². The maximum atomic E-state index is 12.8. The standard InChI is InChI=1S/C21H23N3O6/c1-3-22(4-2)11-12-23-18(16-6-5-13-30-16)17(20(26)21(23)27)19(25)14-7-9-15(10-8-14)24(28)29/h5-10,13,18,25H,3-4,11-12H2,1-2H3/b19-17-. The molecule has 1 aliphatic rings. The Morgan fingerprint density at radius 3 is 2.40 bits per heavy atom. The van der Waals surface area contributed by atoms with Crippen molar-refractivity contribution in [3.8, 4) is 0 Å². The highest BCUT2D eigenvalue weighted by molar-refractivity contribution is 6.46. The number of nitro groups is 1. The third-order valence-electron chi connectivity index (χ3n) is 5.26. The SMILES string of the molecule is CCN(CC)CCN1C(=O)C(=O)/C(=C(\O)c2ccc([N+](=O)[O-])cc2)C1c1ccco1. The van der Waals surface area contributed by atoms with Crippen LogP contribution in [0.15, 0.2) is 52.7 Å². The van der Waals surface area contributed by atoms with Gasteiger partial charge in [-0.2, -0.15) is 0 Å². The fraction of sp³-hybridized carbons (Fsp3) is 0.333. The van der Waals surface area contributed by atoms with Crippen LogP contribution in [0.1, 0.15) is 31.2 Å². The third kappa shape index (κ3) is 3.97. The zero-order valence-electron chi connectivity index (χ0n) is 16.8. The van der Waals surface area contributed by atoms with Crippen LogP contribution < -0.4 is 0 Å². The van der Waals surface area contributed by atoms with Crippen LogP contribution in [0.2, 0.25) is 0 Å². The summed E-state index contributed by atoms with van der Waals surface area (Å²) in [7, 11) is 0. The fourth-order valence-electron chi connectivity index (χ4n) is 3.54. The zero-order chi connectivity index (χ0) is 21.8. The summed E-state index contributed by atoms with van der Waals surface area (Å²) in [6, 6.07) is 7.56. The van der Waals surface area contributed by atoms with Gasteiger partial charge in [-0.1, -0.05) is 13.8 Å². The number of benzene rings is 1. The van der Waals surface area contributed by atoms with Gasteiger partial charge in [0.2, 0.25) is 0 Å². The Labute approximate surface area is 173 Å². The molecule has 9 nitrogen and oxygen atoms in total. The van der Waals surface area contributed by atoms with E-state index in [1.54, 1.807) is 12.1 Å². The van der Waals surface area contributed by atoms with E-state index in [4.69, 9.17) is 4.42 Å². The van der Waals surface area contributed by atoms with Gasteiger partial charge < -0.3 is 19.3 Å². The van der Waals surface area contributed by atoms with Crippen molar-refractivity contribution in [2.75, 3.05) is 26.2 Å². The lowest BCUT2D eigenvalue weighted by Crippen LogP contribution is -2.37. The van der Waals surface area contributed by atoms with Crippen LogP contribution in [-0.4, -0.2) is 57.7 Å². The number of hydrogen-bond donors (Lipinski definition) is 1. The van der Waals surface area contributed by atoms with Gasteiger partial charge in [0.25, 0.3) is 17.4 Å². The molecule has 2 aromatic rings. The second-order valence-electron chi connectivity index (χ2n) is 6.84. The van der Waals surface area contributed by atoms with Gasteiger partial charge in [-0.05, 0) is 37.4 Å². The minimum absolute atomic E-state index is 0.0941. The minimum Gasteiger partial charge on any atom is -0.507 e. The third-order valence-corrected chi connectivity index (χ3v) is 5.26. The van der Waals surface area contributed by atoms with E-state index in [2.05, 4.69) is 4.90 Å². The van der Waals surface area contributed by atoms with E-state index < -0.39 is 28.4 Å². The van der Waals surface area contributed by atoms with Crippen LogP contribution in [0.3, 0.4) is 0 Å². The second kappa shape index (κ2) is 8.91. The monoisotopic (exact) mass is 413 g/mol. The molecular formula is C21H23N3O6. The van der Waals surface area contributed by atoms with Crippen molar-refractivity contribution in [1.29, 1.82) is 0 Å². The highest BCUT2D eigenvalue weighted by Crippen LogP contribution is 2.39. The Morgan fingerprint density at radius 2 is 1.87 bits per heavy atom. The quantitative estimate of drug-likeness (QED) is 0.232. The lowest BCUT2D eigenvalue weighted by Gasteiger charge is -2.26. The number of carbonyl (C=O) groups is 2. The number of carbonyl (C=O) groups excluding carboxylic acids is 2. The first kappa shape index (κ1) is 21.3. The number of non-ortho nitro benzene ring substituents is 1. The summed E-state index contributed by atoms with van der Waals surface area (Å²) in [6.07, 6.45) is 1.44. The molecule has 0 radical (unpaired) electrons. The number of furan rings is 1. The zero-order valence-corrected chi connectivity index (χ0v) is 16.8. The first-order chi connectivity index (χ1) is 14.4. The Bertz CT molecular complexity index is 961. The highest BCUT2D eigenvalue weighted by Gasteiger charge is 2.47. The predicted molar refractivity (Wildman–Crippen MR) is 109 cm³/mol. The number of aliphatic hydroxyl groups excluding tert-OH is 1. The summed E-state index contributed by atoms with van der Waals surface area (Å²) in [5, 5.41) is 21.7. The van der Waals surface area contributed by atoms with Gasteiger partial charge in [-0.3, -0.25) is 19.7 Å². The molecule has 30 heavy (non-hydrogen) atoms. The molecule has 1 unspecified atom stereocenters. The molecular weight excluding hydrogens is 390 g/mol. The lowest BCUT2D eigenvalue weighted by atomic mass is 9.99. The van der Waals surface area contributed by atoms with E-state index in [0.29, 0.717) is 12.3 Å². The van der Waals surface area contributed by atoms with Crippen molar-refractivity contribution < 1.29 is 24.0 Å². The predicted octanol–water partition coefficient (Wildman–Crippen LogP) is 2.95. The summed E-state index contributed by atoms with van der Waals surface area (Å²) in [6.45, 7) is 6.47. The van der Waals surface area contributed by atoms with E-state index in [-0.39, 0.29) is 23.4 Å². The van der Waals surface area contributed by atoms with Gasteiger partial charge in [-0.15, -0.1) is 0 Å². The summed E-state index contributed by atoms with van der Waals surface area (Å²) in [4.78, 5) is 39.4. The van der Waals surface area contributed by atoms with E-state index in [9.17, 15) is 24.8 Å². The average molecular weight is 413 g/mol. The Morgan fingerprint density at radius 1 is 1.20 bits per heavy atom. The van der Waals surface area contributed by atoms with Crippen molar-refractivity contribution in [3.63, 3.8) is 0 Å². The van der Waals surface area contributed by atoms with Crippen LogP contribution in [0.5, 0.6) is 0 Å². The number of nitro benzene ring substituents is 1. The van der Waals surface area contributed by atoms with Gasteiger partial charge in [0.1, 0.15) is 17.6 Å². The number of amides is 1. The van der Waals surface area contributed by atoms with Crippen LogP contribution in [0, 0.1) is 10.1 Å². The molecule has 1 aromatic carbocycles. The average Bonchev–Trinajstić information content (AvgIpc) is 3.36.